The van der Waals surface area contributed by atoms with Gasteiger partial charge in [0.1, 0.15) is 0 Å². The maximum Gasteiger partial charge on any atom is 0.314 e. The minimum Gasteiger partial charge on any atom is -0.376 e. The quantitative estimate of drug-likeness (QED) is 0.848. The zero-order valence-electron chi connectivity index (χ0n) is 12.6. The number of rotatable bonds is 6. The number of methoxy groups -OCH3 is 1. The van der Waals surface area contributed by atoms with Gasteiger partial charge in [0.25, 0.3) is 0 Å². The van der Waals surface area contributed by atoms with Crippen LogP contribution in [0.2, 0.25) is 0 Å². The third kappa shape index (κ3) is 5.25. The van der Waals surface area contributed by atoms with Crippen molar-refractivity contribution < 1.29 is 9.53 Å². The van der Waals surface area contributed by atoms with Crippen molar-refractivity contribution in [2.45, 2.75) is 24.9 Å². The van der Waals surface area contributed by atoms with Crippen LogP contribution in [0.3, 0.4) is 0 Å². The molecule has 0 radical (unpaired) electrons. The van der Waals surface area contributed by atoms with Crippen molar-refractivity contribution in [2.24, 2.45) is 0 Å². The Balaban J connectivity index is 1.67. The van der Waals surface area contributed by atoms with Gasteiger partial charge in [0.05, 0.1) is 5.60 Å². The highest BCUT2D eigenvalue weighted by Gasteiger charge is 2.32. The van der Waals surface area contributed by atoms with Crippen molar-refractivity contribution in [1.82, 2.24) is 10.6 Å². The van der Waals surface area contributed by atoms with Crippen LogP contribution in [0.15, 0.2) is 30.3 Å². The summed E-state index contributed by atoms with van der Waals surface area (Å²) in [5.41, 5.74) is 1.05. The Morgan fingerprint density at radius 1 is 1.24 bits per heavy atom. The van der Waals surface area contributed by atoms with Gasteiger partial charge in [-0.25, -0.2) is 4.79 Å². The minimum atomic E-state index is -0.179. The van der Waals surface area contributed by atoms with Gasteiger partial charge in [-0.1, -0.05) is 30.3 Å². The molecule has 2 N–H and O–H groups in total. The molecule has 21 heavy (non-hydrogen) atoms. The van der Waals surface area contributed by atoms with Gasteiger partial charge in [-0.2, -0.15) is 11.8 Å². The highest BCUT2D eigenvalue weighted by atomic mass is 32.2. The number of hydrogen-bond acceptors (Lipinski definition) is 3. The van der Waals surface area contributed by atoms with E-state index in [0.717, 1.165) is 30.8 Å². The van der Waals surface area contributed by atoms with E-state index in [0.29, 0.717) is 13.1 Å². The van der Waals surface area contributed by atoms with Crippen LogP contribution >= 0.6 is 11.8 Å². The fourth-order valence-electron chi connectivity index (χ4n) is 2.47. The van der Waals surface area contributed by atoms with E-state index < -0.39 is 0 Å². The lowest BCUT2D eigenvalue weighted by Gasteiger charge is -2.35. The Bertz CT molecular complexity index is 433. The summed E-state index contributed by atoms with van der Waals surface area (Å²) in [4.78, 5) is 11.9. The van der Waals surface area contributed by atoms with Crippen LogP contribution in [0.4, 0.5) is 4.79 Å². The SMILES string of the molecule is COC1(CNC(=O)NCCc2ccccc2)CCSCC1. The second kappa shape index (κ2) is 8.29. The molecular weight excluding hydrogens is 284 g/mol. The summed E-state index contributed by atoms with van der Waals surface area (Å²) in [7, 11) is 1.74. The molecule has 0 aromatic heterocycles. The molecule has 1 aliphatic heterocycles. The number of urea groups is 1. The molecule has 0 bridgehead atoms. The Hall–Kier alpha value is -1.20. The highest BCUT2D eigenvalue weighted by molar-refractivity contribution is 7.99. The van der Waals surface area contributed by atoms with Crippen molar-refractivity contribution in [2.75, 3.05) is 31.7 Å². The molecule has 2 amide bonds. The number of hydrogen-bond donors (Lipinski definition) is 2. The van der Waals surface area contributed by atoms with E-state index in [1.165, 1.54) is 5.56 Å². The monoisotopic (exact) mass is 308 g/mol. The first kappa shape index (κ1) is 16.2. The van der Waals surface area contributed by atoms with Crippen molar-refractivity contribution in [3.8, 4) is 0 Å². The summed E-state index contributed by atoms with van der Waals surface area (Å²) < 4.78 is 5.65. The molecule has 0 spiro atoms. The number of nitrogens with one attached hydrogen (secondary N) is 2. The molecule has 0 aliphatic carbocycles. The molecular formula is C16H24N2O2S. The lowest BCUT2D eigenvalue weighted by Crippen LogP contribution is -2.49. The number of benzene rings is 1. The molecule has 1 saturated heterocycles. The van der Waals surface area contributed by atoms with Crippen LogP contribution in [-0.4, -0.2) is 43.3 Å². The van der Waals surface area contributed by atoms with Gasteiger partial charge in [-0.15, -0.1) is 0 Å². The number of amides is 2. The number of thioether (sulfide) groups is 1. The third-order valence-electron chi connectivity index (χ3n) is 3.95. The molecule has 0 unspecified atom stereocenters. The molecule has 4 nitrogen and oxygen atoms in total. The largest absolute Gasteiger partial charge is 0.376 e. The van der Waals surface area contributed by atoms with Crippen molar-refractivity contribution in [3.63, 3.8) is 0 Å². The van der Waals surface area contributed by atoms with E-state index in [4.69, 9.17) is 4.74 Å². The van der Waals surface area contributed by atoms with Crippen LogP contribution in [0.25, 0.3) is 0 Å². The number of carbonyl (C=O) groups is 1. The Morgan fingerprint density at radius 2 is 1.95 bits per heavy atom. The van der Waals surface area contributed by atoms with E-state index >= 15 is 0 Å². The Morgan fingerprint density at radius 3 is 2.62 bits per heavy atom. The predicted octanol–water partition coefficient (Wildman–Crippen LogP) is 2.44. The van der Waals surface area contributed by atoms with Gasteiger partial charge in [-0.3, -0.25) is 0 Å². The van der Waals surface area contributed by atoms with Crippen molar-refractivity contribution >= 4 is 17.8 Å². The van der Waals surface area contributed by atoms with Crippen molar-refractivity contribution in [1.29, 1.82) is 0 Å². The summed E-state index contributed by atoms with van der Waals surface area (Å²) in [6.07, 6.45) is 2.84. The second-order valence-electron chi connectivity index (χ2n) is 5.34. The van der Waals surface area contributed by atoms with Crippen LogP contribution in [-0.2, 0) is 11.2 Å². The first-order valence-electron chi connectivity index (χ1n) is 7.43. The fraction of sp³-hybridized carbons (Fsp3) is 0.562. The fourth-order valence-corrected chi connectivity index (χ4v) is 3.70. The predicted molar refractivity (Wildman–Crippen MR) is 87.8 cm³/mol. The highest BCUT2D eigenvalue weighted by Crippen LogP contribution is 2.29. The maximum absolute atomic E-state index is 11.9. The molecule has 5 heteroatoms. The van der Waals surface area contributed by atoms with Gasteiger partial charge < -0.3 is 15.4 Å². The van der Waals surface area contributed by atoms with Gasteiger partial charge in [-0.05, 0) is 36.3 Å². The molecule has 1 fully saturated rings. The second-order valence-corrected chi connectivity index (χ2v) is 6.57. The standard InChI is InChI=1S/C16H24N2O2S/c1-20-16(8-11-21-12-9-16)13-18-15(19)17-10-7-14-5-3-2-4-6-14/h2-6H,7-13H2,1H3,(H2,17,18,19). The van der Waals surface area contributed by atoms with E-state index in [-0.39, 0.29) is 11.6 Å². The molecule has 1 heterocycles. The molecule has 1 aromatic rings. The van der Waals surface area contributed by atoms with Gasteiger partial charge in [0.15, 0.2) is 0 Å². The molecule has 0 saturated carbocycles. The summed E-state index contributed by atoms with van der Waals surface area (Å²) >= 11 is 1.95. The maximum atomic E-state index is 11.9. The van der Waals surface area contributed by atoms with E-state index in [1.807, 2.05) is 30.0 Å². The first-order valence-corrected chi connectivity index (χ1v) is 8.58. The first-order chi connectivity index (χ1) is 10.2. The lowest BCUT2D eigenvalue weighted by atomic mass is 9.96. The van der Waals surface area contributed by atoms with E-state index in [1.54, 1.807) is 7.11 Å². The van der Waals surface area contributed by atoms with Gasteiger partial charge in [0.2, 0.25) is 0 Å². The van der Waals surface area contributed by atoms with Crippen LogP contribution in [0.5, 0.6) is 0 Å². The molecule has 0 atom stereocenters. The average Bonchev–Trinajstić information content (AvgIpc) is 2.55. The van der Waals surface area contributed by atoms with Crippen LogP contribution in [0, 0.1) is 0 Å². The lowest BCUT2D eigenvalue weighted by molar-refractivity contribution is -0.0137. The normalized spacial score (nSPS) is 17.2. The zero-order chi connectivity index (χ0) is 15.0. The average molecular weight is 308 g/mol. The van der Waals surface area contributed by atoms with Gasteiger partial charge >= 0.3 is 6.03 Å². The van der Waals surface area contributed by atoms with E-state index in [9.17, 15) is 4.79 Å². The topological polar surface area (TPSA) is 50.4 Å². The Labute approximate surface area is 131 Å². The summed E-state index contributed by atoms with van der Waals surface area (Å²) in [5, 5.41) is 5.85. The summed E-state index contributed by atoms with van der Waals surface area (Å²) in [6.45, 7) is 1.23. The zero-order valence-corrected chi connectivity index (χ0v) is 13.4. The summed E-state index contributed by atoms with van der Waals surface area (Å²) in [5.74, 6) is 2.20. The van der Waals surface area contributed by atoms with Gasteiger partial charge in [0, 0.05) is 20.2 Å². The molecule has 116 valence electrons. The number of carbonyl (C=O) groups excluding carboxylic acids is 1. The molecule has 1 aliphatic rings. The summed E-state index contributed by atoms with van der Waals surface area (Å²) in [6, 6.07) is 10.0. The Kier molecular flexibility index (Phi) is 6.39. The van der Waals surface area contributed by atoms with Crippen LogP contribution < -0.4 is 10.6 Å². The smallest absolute Gasteiger partial charge is 0.314 e. The number of ether oxygens (including phenoxy) is 1. The minimum absolute atomic E-state index is 0.111. The molecule has 1 aromatic carbocycles. The third-order valence-corrected chi connectivity index (χ3v) is 4.94. The van der Waals surface area contributed by atoms with Crippen LogP contribution in [0.1, 0.15) is 18.4 Å². The van der Waals surface area contributed by atoms with Crippen molar-refractivity contribution in [3.05, 3.63) is 35.9 Å². The van der Waals surface area contributed by atoms with E-state index in [2.05, 4.69) is 22.8 Å². The molecule has 2 rings (SSSR count).